The molecule has 0 radical (unpaired) electrons. The molecular weight excluding hydrogens is 375 g/mol. The fourth-order valence-electron chi connectivity index (χ4n) is 3.08. The van der Waals surface area contributed by atoms with Gasteiger partial charge in [-0.15, -0.1) is 24.8 Å². The lowest BCUT2D eigenvalue weighted by molar-refractivity contribution is 0.0940. The van der Waals surface area contributed by atoms with Crippen LogP contribution in [0.4, 0.5) is 0 Å². The van der Waals surface area contributed by atoms with Crippen LogP contribution >= 0.6 is 24.8 Å². The van der Waals surface area contributed by atoms with Crippen molar-refractivity contribution in [3.63, 3.8) is 0 Å². The van der Waals surface area contributed by atoms with Crippen molar-refractivity contribution in [3.05, 3.63) is 36.2 Å². The van der Waals surface area contributed by atoms with Gasteiger partial charge in [-0.25, -0.2) is 4.98 Å². The predicted molar refractivity (Wildman–Crippen MR) is 106 cm³/mol. The van der Waals surface area contributed by atoms with E-state index in [0.717, 1.165) is 38.3 Å². The summed E-state index contributed by atoms with van der Waals surface area (Å²) in [5, 5.41) is 10.8. The van der Waals surface area contributed by atoms with Crippen molar-refractivity contribution in [1.82, 2.24) is 30.0 Å². The minimum Gasteiger partial charge on any atom is -0.350 e. The van der Waals surface area contributed by atoms with Gasteiger partial charge in [0.1, 0.15) is 11.5 Å². The second-order valence-electron chi connectivity index (χ2n) is 6.62. The van der Waals surface area contributed by atoms with Crippen molar-refractivity contribution < 1.29 is 4.79 Å². The summed E-state index contributed by atoms with van der Waals surface area (Å²) in [5.74, 6) is 1.21. The highest BCUT2D eigenvalue weighted by Gasteiger charge is 2.18. The van der Waals surface area contributed by atoms with Crippen LogP contribution in [0.2, 0.25) is 0 Å². The fourth-order valence-corrected chi connectivity index (χ4v) is 3.08. The van der Waals surface area contributed by atoms with Crippen molar-refractivity contribution in [3.8, 4) is 0 Å². The lowest BCUT2D eigenvalue weighted by atomic mass is 10.1. The number of halogens is 2. The number of imidazole rings is 1. The summed E-state index contributed by atoms with van der Waals surface area (Å²) >= 11 is 0. The Kier molecular flexibility index (Phi) is 9.12. The number of aryl methyl sites for hydroxylation is 1. The Morgan fingerprint density at radius 2 is 2.23 bits per heavy atom. The summed E-state index contributed by atoms with van der Waals surface area (Å²) in [6.45, 7) is 7.55. The highest BCUT2D eigenvalue weighted by Crippen LogP contribution is 2.15. The van der Waals surface area contributed by atoms with Crippen molar-refractivity contribution in [2.24, 2.45) is 5.92 Å². The molecule has 1 aliphatic rings. The molecule has 0 spiro atoms. The minimum atomic E-state index is -0.105. The van der Waals surface area contributed by atoms with E-state index < -0.39 is 0 Å². The third-order valence-corrected chi connectivity index (χ3v) is 4.53. The van der Waals surface area contributed by atoms with E-state index in [2.05, 4.69) is 32.2 Å². The number of carbonyl (C=O) groups excluding carboxylic acids is 1. The van der Waals surface area contributed by atoms with Crippen LogP contribution in [-0.4, -0.2) is 44.9 Å². The van der Waals surface area contributed by atoms with E-state index in [4.69, 9.17) is 0 Å². The number of hydrogen-bond acceptors (Lipinski definition) is 4. The summed E-state index contributed by atoms with van der Waals surface area (Å²) in [4.78, 5) is 16.5. The molecule has 0 bridgehead atoms. The van der Waals surface area contributed by atoms with E-state index in [1.807, 2.05) is 24.0 Å². The number of rotatable bonds is 6. The SMILES string of the molecule is Cc1nccn1CC(C)CNC(=O)c1ccn(C2CCCNC2)n1.Cl.Cl. The maximum Gasteiger partial charge on any atom is 0.271 e. The molecule has 2 unspecified atom stereocenters. The second kappa shape index (κ2) is 10.5. The van der Waals surface area contributed by atoms with Gasteiger partial charge in [0.15, 0.2) is 0 Å². The summed E-state index contributed by atoms with van der Waals surface area (Å²) in [6, 6.07) is 2.15. The summed E-state index contributed by atoms with van der Waals surface area (Å²) in [7, 11) is 0. The molecule has 9 heteroatoms. The Morgan fingerprint density at radius 1 is 1.42 bits per heavy atom. The lowest BCUT2D eigenvalue weighted by Crippen LogP contribution is -2.33. The molecule has 7 nitrogen and oxygen atoms in total. The Labute approximate surface area is 166 Å². The van der Waals surface area contributed by atoms with E-state index in [9.17, 15) is 4.79 Å². The molecule has 2 N–H and O–H groups in total. The van der Waals surface area contributed by atoms with E-state index >= 15 is 0 Å². The van der Waals surface area contributed by atoms with Crippen LogP contribution in [0, 0.1) is 12.8 Å². The highest BCUT2D eigenvalue weighted by atomic mass is 35.5. The number of nitrogens with one attached hydrogen (secondary N) is 2. The van der Waals surface area contributed by atoms with Gasteiger partial charge in [-0.05, 0) is 38.3 Å². The highest BCUT2D eigenvalue weighted by molar-refractivity contribution is 5.92. The van der Waals surface area contributed by atoms with Gasteiger partial charge in [0.05, 0.1) is 6.04 Å². The lowest BCUT2D eigenvalue weighted by Gasteiger charge is -2.22. The summed E-state index contributed by atoms with van der Waals surface area (Å²) in [6.07, 6.45) is 7.93. The predicted octanol–water partition coefficient (Wildman–Crippen LogP) is 2.22. The van der Waals surface area contributed by atoms with Crippen LogP contribution in [0.25, 0.3) is 0 Å². The van der Waals surface area contributed by atoms with E-state index in [-0.39, 0.29) is 30.7 Å². The third kappa shape index (κ3) is 5.72. The van der Waals surface area contributed by atoms with Gasteiger partial charge >= 0.3 is 0 Å². The van der Waals surface area contributed by atoms with Gasteiger partial charge in [0.25, 0.3) is 5.91 Å². The van der Waals surface area contributed by atoms with Crippen LogP contribution in [0.1, 0.15) is 42.1 Å². The van der Waals surface area contributed by atoms with E-state index in [1.54, 1.807) is 12.3 Å². The monoisotopic (exact) mass is 402 g/mol. The van der Waals surface area contributed by atoms with Crippen LogP contribution in [0.5, 0.6) is 0 Å². The fraction of sp³-hybridized carbons (Fsp3) is 0.588. The van der Waals surface area contributed by atoms with Crippen LogP contribution in [0.3, 0.4) is 0 Å². The van der Waals surface area contributed by atoms with Crippen molar-refractivity contribution >= 4 is 30.7 Å². The number of hydrogen-bond donors (Lipinski definition) is 2. The molecule has 2 aromatic heterocycles. The minimum absolute atomic E-state index is 0. The van der Waals surface area contributed by atoms with Gasteiger partial charge in [0.2, 0.25) is 0 Å². The molecule has 146 valence electrons. The van der Waals surface area contributed by atoms with Crippen LogP contribution in [-0.2, 0) is 6.54 Å². The largest absolute Gasteiger partial charge is 0.350 e. The molecule has 1 saturated heterocycles. The molecule has 26 heavy (non-hydrogen) atoms. The average molecular weight is 403 g/mol. The molecule has 3 rings (SSSR count). The Balaban J connectivity index is 0.00000169. The zero-order chi connectivity index (χ0) is 16.9. The first kappa shape index (κ1) is 22.5. The van der Waals surface area contributed by atoms with E-state index in [0.29, 0.717) is 24.2 Å². The first-order valence-corrected chi connectivity index (χ1v) is 8.65. The zero-order valence-corrected chi connectivity index (χ0v) is 16.9. The Bertz CT molecular complexity index is 680. The molecule has 1 aliphatic heterocycles. The molecular formula is C17H28Cl2N6O. The maximum absolute atomic E-state index is 12.3. The van der Waals surface area contributed by atoms with Gasteiger partial charge in [-0.3, -0.25) is 9.48 Å². The van der Waals surface area contributed by atoms with Crippen LogP contribution in [0.15, 0.2) is 24.7 Å². The molecule has 0 aliphatic carbocycles. The van der Waals surface area contributed by atoms with Crippen molar-refractivity contribution in [2.75, 3.05) is 19.6 Å². The topological polar surface area (TPSA) is 76.8 Å². The standard InChI is InChI=1S/C17H26N6O.2ClH/c1-13(12-22-9-7-19-14(22)2)10-20-17(24)16-5-8-23(21-16)15-4-3-6-18-11-15;;/h5,7-9,13,15,18H,3-4,6,10-12H2,1-2H3,(H,20,24);2*1H. The van der Waals surface area contributed by atoms with Gasteiger partial charge in [-0.2, -0.15) is 5.10 Å². The summed E-state index contributed by atoms with van der Waals surface area (Å²) in [5.41, 5.74) is 0.492. The van der Waals surface area contributed by atoms with Crippen molar-refractivity contribution in [1.29, 1.82) is 0 Å². The third-order valence-electron chi connectivity index (χ3n) is 4.53. The molecule has 2 atom stereocenters. The molecule has 0 saturated carbocycles. The van der Waals surface area contributed by atoms with E-state index in [1.165, 1.54) is 0 Å². The first-order chi connectivity index (χ1) is 11.6. The second-order valence-corrected chi connectivity index (χ2v) is 6.62. The zero-order valence-electron chi connectivity index (χ0n) is 15.2. The Hall–Kier alpha value is -1.57. The molecule has 1 fully saturated rings. The smallest absolute Gasteiger partial charge is 0.271 e. The number of amides is 1. The first-order valence-electron chi connectivity index (χ1n) is 8.65. The normalized spacial score (nSPS) is 17.7. The van der Waals surface area contributed by atoms with Crippen molar-refractivity contribution in [2.45, 2.75) is 39.3 Å². The number of carbonyl (C=O) groups is 1. The summed E-state index contributed by atoms with van der Waals surface area (Å²) < 4.78 is 4.01. The Morgan fingerprint density at radius 3 is 2.88 bits per heavy atom. The van der Waals surface area contributed by atoms with Gasteiger partial charge < -0.3 is 15.2 Å². The maximum atomic E-state index is 12.3. The average Bonchev–Trinajstić information content (AvgIpc) is 3.23. The number of piperidine rings is 1. The van der Waals surface area contributed by atoms with Crippen LogP contribution < -0.4 is 10.6 Å². The van der Waals surface area contributed by atoms with Gasteiger partial charge in [0, 0.05) is 38.2 Å². The van der Waals surface area contributed by atoms with Gasteiger partial charge in [-0.1, -0.05) is 6.92 Å². The quantitative estimate of drug-likeness (QED) is 0.776. The number of aromatic nitrogens is 4. The number of nitrogens with zero attached hydrogens (tertiary/aromatic N) is 4. The molecule has 2 aromatic rings. The molecule has 1 amide bonds. The molecule has 3 heterocycles. The molecule has 0 aromatic carbocycles.